The van der Waals surface area contributed by atoms with Crippen LogP contribution in [0.4, 0.5) is 11.4 Å². The molecule has 0 spiro atoms. The van der Waals surface area contributed by atoms with E-state index in [-0.39, 0.29) is 30.1 Å². The number of nitrogens with one attached hydrogen (secondary N) is 1. The lowest BCUT2D eigenvalue weighted by atomic mass is 10.2. The fourth-order valence-corrected chi connectivity index (χ4v) is 2.47. The third kappa shape index (κ3) is 4.66. The van der Waals surface area contributed by atoms with Gasteiger partial charge in [-0.2, -0.15) is 5.10 Å². The van der Waals surface area contributed by atoms with E-state index in [4.69, 9.17) is 4.42 Å². The summed E-state index contributed by atoms with van der Waals surface area (Å²) in [5.74, 6) is 0.248. The molecule has 0 saturated carbocycles. The summed E-state index contributed by atoms with van der Waals surface area (Å²) in [6.45, 7) is 0.260. The van der Waals surface area contributed by atoms with Gasteiger partial charge in [0.15, 0.2) is 5.76 Å². The van der Waals surface area contributed by atoms with E-state index in [0.29, 0.717) is 23.6 Å². The Balaban J connectivity index is 1.57. The van der Waals surface area contributed by atoms with Crippen molar-refractivity contribution in [3.05, 3.63) is 75.3 Å². The first kappa shape index (κ1) is 18.1. The molecule has 27 heavy (non-hydrogen) atoms. The van der Waals surface area contributed by atoms with E-state index in [2.05, 4.69) is 10.4 Å². The number of carbonyl (C=O) groups excluding carboxylic acids is 1. The second-order valence-electron chi connectivity index (χ2n) is 5.72. The first-order valence-electron chi connectivity index (χ1n) is 8.19. The summed E-state index contributed by atoms with van der Waals surface area (Å²) in [6, 6.07) is 12.1. The molecule has 9 heteroatoms. The number of nitrogens with zero attached hydrogens (tertiary/aromatic N) is 3. The smallest absolute Gasteiger partial charge is 0.271 e. The van der Waals surface area contributed by atoms with Crippen LogP contribution in [0.3, 0.4) is 0 Å². The van der Waals surface area contributed by atoms with Crippen LogP contribution < -0.4 is 10.9 Å². The Kier molecular flexibility index (Phi) is 5.41. The van der Waals surface area contributed by atoms with Crippen molar-refractivity contribution in [1.29, 1.82) is 0 Å². The number of non-ortho nitro benzene ring substituents is 1. The molecule has 3 rings (SSSR count). The van der Waals surface area contributed by atoms with E-state index in [0.717, 1.165) is 0 Å². The highest BCUT2D eigenvalue weighted by atomic mass is 16.6. The lowest BCUT2D eigenvalue weighted by Crippen LogP contribution is -2.23. The van der Waals surface area contributed by atoms with E-state index < -0.39 is 4.92 Å². The Morgan fingerprint density at radius 3 is 2.81 bits per heavy atom. The number of carbonyl (C=O) groups is 1. The van der Waals surface area contributed by atoms with Gasteiger partial charge in [0.25, 0.3) is 11.2 Å². The first-order chi connectivity index (χ1) is 13.0. The maximum absolute atomic E-state index is 12.0. The van der Waals surface area contributed by atoms with Gasteiger partial charge in [0, 0.05) is 36.9 Å². The quantitative estimate of drug-likeness (QED) is 0.506. The van der Waals surface area contributed by atoms with Crippen molar-refractivity contribution in [2.45, 2.75) is 19.4 Å². The standard InChI is InChI=1S/C18H16N4O5/c23-17(19-13-4-1-5-14(12-13)22(25)26)7-2-10-21-18(24)9-8-15(20-21)16-6-3-11-27-16/h1,3-6,8-9,11-12H,2,7,10H2,(H,19,23). The summed E-state index contributed by atoms with van der Waals surface area (Å²) in [4.78, 5) is 34.2. The van der Waals surface area contributed by atoms with Gasteiger partial charge in [0.05, 0.1) is 11.2 Å². The first-order valence-corrected chi connectivity index (χ1v) is 8.19. The van der Waals surface area contributed by atoms with Gasteiger partial charge in [-0.05, 0) is 30.7 Å². The molecule has 138 valence electrons. The molecule has 0 saturated heterocycles. The van der Waals surface area contributed by atoms with Gasteiger partial charge in [-0.3, -0.25) is 19.7 Å². The maximum Gasteiger partial charge on any atom is 0.271 e. The molecule has 0 radical (unpaired) electrons. The van der Waals surface area contributed by atoms with Crippen LogP contribution in [0.15, 0.2) is 64.0 Å². The highest BCUT2D eigenvalue weighted by Gasteiger charge is 2.09. The normalized spacial score (nSPS) is 10.5. The Labute approximate surface area is 153 Å². The molecular formula is C18H16N4O5. The van der Waals surface area contributed by atoms with Crippen molar-refractivity contribution in [3.63, 3.8) is 0 Å². The van der Waals surface area contributed by atoms with E-state index >= 15 is 0 Å². The highest BCUT2D eigenvalue weighted by molar-refractivity contribution is 5.90. The van der Waals surface area contributed by atoms with Crippen LogP contribution in [0.25, 0.3) is 11.5 Å². The van der Waals surface area contributed by atoms with E-state index in [1.165, 1.54) is 35.2 Å². The molecule has 0 aliphatic heterocycles. The number of nitro groups is 1. The fraction of sp³-hybridized carbons (Fsp3) is 0.167. The number of aromatic nitrogens is 2. The summed E-state index contributed by atoms with van der Waals surface area (Å²) < 4.78 is 6.54. The van der Waals surface area contributed by atoms with Gasteiger partial charge in [-0.15, -0.1) is 0 Å². The predicted octanol–water partition coefficient (Wildman–Crippen LogP) is 2.83. The minimum atomic E-state index is -0.528. The zero-order valence-electron chi connectivity index (χ0n) is 14.2. The summed E-state index contributed by atoms with van der Waals surface area (Å²) >= 11 is 0. The molecule has 0 aliphatic rings. The zero-order valence-corrected chi connectivity index (χ0v) is 14.2. The number of anilines is 1. The minimum Gasteiger partial charge on any atom is -0.463 e. The van der Waals surface area contributed by atoms with Crippen LogP contribution in [0.1, 0.15) is 12.8 Å². The van der Waals surface area contributed by atoms with Crippen LogP contribution in [0, 0.1) is 10.1 Å². The largest absolute Gasteiger partial charge is 0.463 e. The van der Waals surface area contributed by atoms with Crippen molar-refractivity contribution in [2.24, 2.45) is 0 Å². The second kappa shape index (κ2) is 8.09. The van der Waals surface area contributed by atoms with E-state index in [1.807, 2.05) is 0 Å². The van der Waals surface area contributed by atoms with Crippen LogP contribution in [-0.4, -0.2) is 20.6 Å². The van der Waals surface area contributed by atoms with Crippen molar-refractivity contribution < 1.29 is 14.1 Å². The number of amides is 1. The van der Waals surface area contributed by atoms with Crippen molar-refractivity contribution in [3.8, 4) is 11.5 Å². The molecule has 2 heterocycles. The van der Waals surface area contributed by atoms with Crippen LogP contribution >= 0.6 is 0 Å². The summed E-state index contributed by atoms with van der Waals surface area (Å²) in [5.41, 5.74) is 0.507. The lowest BCUT2D eigenvalue weighted by Gasteiger charge is -2.07. The van der Waals surface area contributed by atoms with Gasteiger partial charge >= 0.3 is 0 Å². The number of hydrogen-bond acceptors (Lipinski definition) is 6. The molecule has 0 bridgehead atoms. The average molecular weight is 368 g/mol. The lowest BCUT2D eigenvalue weighted by molar-refractivity contribution is -0.384. The topological polar surface area (TPSA) is 120 Å². The molecule has 0 aliphatic carbocycles. The Hall–Kier alpha value is -3.75. The second-order valence-corrected chi connectivity index (χ2v) is 5.72. The number of nitro benzene ring substituents is 1. The van der Waals surface area contributed by atoms with Gasteiger partial charge in [-0.25, -0.2) is 4.68 Å². The summed E-state index contributed by atoms with van der Waals surface area (Å²) in [6.07, 6.45) is 2.04. The van der Waals surface area contributed by atoms with Crippen molar-refractivity contribution in [2.75, 3.05) is 5.32 Å². The Bertz CT molecular complexity index is 1010. The zero-order chi connectivity index (χ0) is 19.2. The molecule has 1 aromatic carbocycles. The van der Waals surface area contributed by atoms with Crippen LogP contribution in [0.5, 0.6) is 0 Å². The molecule has 1 N–H and O–H groups in total. The van der Waals surface area contributed by atoms with Crippen LogP contribution in [-0.2, 0) is 11.3 Å². The third-order valence-electron chi connectivity index (χ3n) is 3.75. The van der Waals surface area contributed by atoms with Gasteiger partial charge in [0.2, 0.25) is 5.91 Å². The predicted molar refractivity (Wildman–Crippen MR) is 97.2 cm³/mol. The molecule has 0 fully saturated rings. The van der Waals surface area contributed by atoms with Gasteiger partial charge < -0.3 is 9.73 Å². The van der Waals surface area contributed by atoms with Gasteiger partial charge in [0.1, 0.15) is 5.69 Å². The number of aryl methyl sites for hydroxylation is 1. The average Bonchev–Trinajstić information content (AvgIpc) is 3.18. The third-order valence-corrected chi connectivity index (χ3v) is 3.75. The molecule has 0 unspecified atom stereocenters. The minimum absolute atomic E-state index is 0.0988. The molecule has 0 atom stereocenters. The van der Waals surface area contributed by atoms with Crippen LogP contribution in [0.2, 0.25) is 0 Å². The fourth-order valence-electron chi connectivity index (χ4n) is 2.47. The highest BCUT2D eigenvalue weighted by Crippen LogP contribution is 2.17. The van der Waals surface area contributed by atoms with Crippen molar-refractivity contribution >= 4 is 17.3 Å². The van der Waals surface area contributed by atoms with E-state index in [1.54, 1.807) is 24.3 Å². The monoisotopic (exact) mass is 368 g/mol. The molecule has 1 amide bonds. The molecular weight excluding hydrogens is 352 g/mol. The number of hydrogen-bond donors (Lipinski definition) is 1. The summed E-state index contributed by atoms with van der Waals surface area (Å²) in [5, 5.41) is 17.6. The number of benzene rings is 1. The molecule has 9 nitrogen and oxygen atoms in total. The number of furan rings is 1. The van der Waals surface area contributed by atoms with Crippen molar-refractivity contribution in [1.82, 2.24) is 9.78 Å². The van der Waals surface area contributed by atoms with Gasteiger partial charge in [-0.1, -0.05) is 6.07 Å². The molecule has 2 aromatic heterocycles. The number of rotatable bonds is 7. The maximum atomic E-state index is 12.0. The Morgan fingerprint density at radius 1 is 1.22 bits per heavy atom. The Morgan fingerprint density at radius 2 is 2.07 bits per heavy atom. The summed E-state index contributed by atoms with van der Waals surface area (Å²) in [7, 11) is 0. The molecule has 3 aromatic rings. The SMILES string of the molecule is O=C(CCCn1nc(-c2ccco2)ccc1=O)Nc1cccc([N+](=O)[O-])c1. The van der Waals surface area contributed by atoms with E-state index in [9.17, 15) is 19.7 Å².